The van der Waals surface area contributed by atoms with Gasteiger partial charge in [0, 0.05) is 6.54 Å². The summed E-state index contributed by atoms with van der Waals surface area (Å²) in [6, 6.07) is 0. The number of hydrogen-bond donors (Lipinski definition) is 2. The van der Waals surface area contributed by atoms with Gasteiger partial charge >= 0.3 is 6.18 Å². The maximum atomic E-state index is 12.5. The van der Waals surface area contributed by atoms with E-state index in [0.29, 0.717) is 26.1 Å². The van der Waals surface area contributed by atoms with Crippen LogP contribution in [0.1, 0.15) is 26.2 Å². The third-order valence-corrected chi connectivity index (χ3v) is 4.07. The second kappa shape index (κ2) is 6.09. The molecule has 1 aliphatic rings. The van der Waals surface area contributed by atoms with Gasteiger partial charge in [-0.3, -0.25) is 4.79 Å². The molecule has 1 aliphatic heterocycles. The summed E-state index contributed by atoms with van der Waals surface area (Å²) in [5, 5.41) is 2.87. The van der Waals surface area contributed by atoms with E-state index in [1.54, 1.807) is 14.0 Å². The average Bonchev–Trinajstić information content (AvgIpc) is 2.35. The largest absolute Gasteiger partial charge is 0.391 e. The van der Waals surface area contributed by atoms with Crippen LogP contribution in [0.4, 0.5) is 13.2 Å². The van der Waals surface area contributed by atoms with E-state index in [1.807, 2.05) is 4.90 Å². The van der Waals surface area contributed by atoms with Gasteiger partial charge in [-0.25, -0.2) is 0 Å². The summed E-state index contributed by atoms with van der Waals surface area (Å²) >= 11 is 0. The minimum absolute atomic E-state index is 0.135. The average molecular weight is 281 g/mol. The number of hydrogen-bond acceptors (Lipinski definition) is 3. The number of likely N-dealkylation sites (N-methyl/N-ethyl adjacent to an activating group) is 1. The van der Waals surface area contributed by atoms with E-state index in [4.69, 9.17) is 5.73 Å². The molecule has 0 aliphatic carbocycles. The predicted octanol–water partition coefficient (Wildman–Crippen LogP) is 1.11. The fourth-order valence-electron chi connectivity index (χ4n) is 2.24. The number of primary amides is 1. The molecular weight excluding hydrogens is 259 g/mol. The van der Waals surface area contributed by atoms with E-state index < -0.39 is 23.5 Å². The third kappa shape index (κ3) is 4.35. The molecule has 0 aromatic carbocycles. The zero-order valence-corrected chi connectivity index (χ0v) is 11.4. The van der Waals surface area contributed by atoms with Crippen molar-refractivity contribution in [2.24, 2.45) is 11.7 Å². The van der Waals surface area contributed by atoms with Crippen molar-refractivity contribution >= 4 is 5.91 Å². The molecule has 1 fully saturated rings. The summed E-state index contributed by atoms with van der Waals surface area (Å²) in [5.41, 5.74) is 4.50. The second-order valence-corrected chi connectivity index (χ2v) is 5.35. The predicted molar refractivity (Wildman–Crippen MR) is 66.5 cm³/mol. The number of nitrogens with zero attached hydrogens (tertiary/aromatic N) is 1. The fraction of sp³-hybridized carbons (Fsp3) is 0.917. The Morgan fingerprint density at radius 2 is 1.89 bits per heavy atom. The molecule has 1 saturated heterocycles. The van der Waals surface area contributed by atoms with E-state index in [2.05, 4.69) is 5.32 Å². The van der Waals surface area contributed by atoms with Gasteiger partial charge in [-0.2, -0.15) is 13.2 Å². The van der Waals surface area contributed by atoms with E-state index in [9.17, 15) is 18.0 Å². The van der Waals surface area contributed by atoms with Gasteiger partial charge < -0.3 is 16.0 Å². The molecule has 1 amide bonds. The SMILES string of the molecule is CNC(C)(CCN1CCC(C(F)(F)F)CC1)C(N)=O. The molecule has 7 heteroatoms. The maximum absolute atomic E-state index is 12.5. The van der Waals surface area contributed by atoms with Crippen molar-refractivity contribution in [2.75, 3.05) is 26.7 Å². The molecule has 0 aromatic heterocycles. The monoisotopic (exact) mass is 281 g/mol. The molecule has 0 spiro atoms. The molecule has 0 aromatic rings. The molecule has 4 nitrogen and oxygen atoms in total. The van der Waals surface area contributed by atoms with E-state index in [-0.39, 0.29) is 12.8 Å². The van der Waals surface area contributed by atoms with Crippen LogP contribution in [0.15, 0.2) is 0 Å². The number of alkyl halides is 3. The number of nitrogens with two attached hydrogens (primary N) is 1. The van der Waals surface area contributed by atoms with Crippen molar-refractivity contribution < 1.29 is 18.0 Å². The minimum atomic E-state index is -4.08. The number of likely N-dealkylation sites (tertiary alicyclic amines) is 1. The van der Waals surface area contributed by atoms with Gasteiger partial charge in [-0.1, -0.05) is 0 Å². The first kappa shape index (κ1) is 16.2. The summed E-state index contributed by atoms with van der Waals surface area (Å²) in [6.45, 7) is 3.12. The molecule has 1 heterocycles. The molecule has 0 bridgehead atoms. The highest BCUT2D eigenvalue weighted by molar-refractivity contribution is 5.84. The Morgan fingerprint density at radius 1 is 1.37 bits per heavy atom. The molecule has 1 rings (SSSR count). The molecular formula is C12H22F3N3O. The van der Waals surface area contributed by atoms with Gasteiger partial charge in [0.2, 0.25) is 5.91 Å². The third-order valence-electron chi connectivity index (χ3n) is 4.07. The van der Waals surface area contributed by atoms with Crippen LogP contribution in [0, 0.1) is 5.92 Å². The first-order valence-electron chi connectivity index (χ1n) is 6.47. The van der Waals surface area contributed by atoms with Gasteiger partial charge in [0.25, 0.3) is 0 Å². The molecule has 1 atom stereocenters. The Hall–Kier alpha value is -0.820. The number of halogens is 3. The van der Waals surface area contributed by atoms with Crippen LogP contribution in [0.3, 0.4) is 0 Å². The second-order valence-electron chi connectivity index (χ2n) is 5.35. The van der Waals surface area contributed by atoms with Gasteiger partial charge in [0.15, 0.2) is 0 Å². The van der Waals surface area contributed by atoms with Crippen molar-refractivity contribution in [2.45, 2.75) is 37.9 Å². The first-order chi connectivity index (χ1) is 8.69. The van der Waals surface area contributed by atoms with Gasteiger partial charge in [-0.15, -0.1) is 0 Å². The lowest BCUT2D eigenvalue weighted by Gasteiger charge is -2.35. The van der Waals surface area contributed by atoms with Crippen LogP contribution in [0.5, 0.6) is 0 Å². The fourth-order valence-corrected chi connectivity index (χ4v) is 2.24. The topological polar surface area (TPSA) is 58.4 Å². The molecule has 19 heavy (non-hydrogen) atoms. The number of rotatable bonds is 5. The van der Waals surface area contributed by atoms with Crippen LogP contribution >= 0.6 is 0 Å². The molecule has 0 radical (unpaired) electrons. The van der Waals surface area contributed by atoms with Gasteiger partial charge in [0.1, 0.15) is 0 Å². The number of amides is 1. The molecule has 112 valence electrons. The highest BCUT2D eigenvalue weighted by atomic mass is 19.4. The zero-order valence-electron chi connectivity index (χ0n) is 11.4. The Morgan fingerprint density at radius 3 is 2.26 bits per heavy atom. The Kier molecular flexibility index (Phi) is 5.20. The molecule has 1 unspecified atom stereocenters. The summed E-state index contributed by atoms with van der Waals surface area (Å²) in [4.78, 5) is 13.3. The van der Waals surface area contributed by atoms with Crippen LogP contribution in [-0.4, -0.2) is 49.2 Å². The van der Waals surface area contributed by atoms with Crippen molar-refractivity contribution in [1.82, 2.24) is 10.2 Å². The Bertz CT molecular complexity index is 314. The standard InChI is InChI=1S/C12H22F3N3O/c1-11(17-2,10(16)19)5-8-18-6-3-9(4-7-18)12(13,14)15/h9,17H,3-8H2,1-2H3,(H2,16,19). The highest BCUT2D eigenvalue weighted by Crippen LogP contribution is 2.34. The lowest BCUT2D eigenvalue weighted by atomic mass is 9.93. The van der Waals surface area contributed by atoms with Crippen LogP contribution in [0.2, 0.25) is 0 Å². The number of carbonyl (C=O) groups is 1. The Labute approximate surface area is 111 Å². The van der Waals surface area contributed by atoms with Crippen molar-refractivity contribution in [1.29, 1.82) is 0 Å². The first-order valence-corrected chi connectivity index (χ1v) is 6.47. The molecule has 0 saturated carbocycles. The van der Waals surface area contributed by atoms with E-state index in [0.717, 1.165) is 0 Å². The summed E-state index contributed by atoms with van der Waals surface area (Å²) in [7, 11) is 1.65. The number of piperidine rings is 1. The minimum Gasteiger partial charge on any atom is -0.368 e. The van der Waals surface area contributed by atoms with E-state index in [1.165, 1.54) is 0 Å². The Balaban J connectivity index is 2.40. The number of nitrogens with one attached hydrogen (secondary N) is 1. The number of carbonyl (C=O) groups excluding carboxylic acids is 1. The maximum Gasteiger partial charge on any atom is 0.391 e. The summed E-state index contributed by atoms with van der Waals surface area (Å²) in [5.74, 6) is -1.63. The lowest BCUT2D eigenvalue weighted by Crippen LogP contribution is -2.53. The summed E-state index contributed by atoms with van der Waals surface area (Å²) in [6.07, 6.45) is -3.32. The van der Waals surface area contributed by atoms with Crippen LogP contribution in [-0.2, 0) is 4.79 Å². The van der Waals surface area contributed by atoms with Crippen LogP contribution < -0.4 is 11.1 Å². The van der Waals surface area contributed by atoms with Gasteiger partial charge in [0.05, 0.1) is 11.5 Å². The van der Waals surface area contributed by atoms with Crippen molar-refractivity contribution in [3.8, 4) is 0 Å². The smallest absolute Gasteiger partial charge is 0.368 e. The quantitative estimate of drug-likeness (QED) is 0.794. The van der Waals surface area contributed by atoms with Crippen molar-refractivity contribution in [3.05, 3.63) is 0 Å². The van der Waals surface area contributed by atoms with E-state index >= 15 is 0 Å². The summed E-state index contributed by atoms with van der Waals surface area (Å²) < 4.78 is 37.5. The normalized spacial score (nSPS) is 22.2. The highest BCUT2D eigenvalue weighted by Gasteiger charge is 2.41. The van der Waals surface area contributed by atoms with Crippen LogP contribution in [0.25, 0.3) is 0 Å². The van der Waals surface area contributed by atoms with Gasteiger partial charge in [-0.05, 0) is 46.3 Å². The lowest BCUT2D eigenvalue weighted by molar-refractivity contribution is -0.185. The molecule has 3 N–H and O–H groups in total. The van der Waals surface area contributed by atoms with Crippen molar-refractivity contribution in [3.63, 3.8) is 0 Å². The zero-order chi connectivity index (χ0) is 14.7.